The van der Waals surface area contributed by atoms with Gasteiger partial charge in [0, 0.05) is 38.9 Å². The normalized spacial score (nSPS) is 22.1. The Morgan fingerprint density at radius 2 is 2.00 bits per heavy atom. The van der Waals surface area contributed by atoms with Crippen molar-refractivity contribution in [3.05, 3.63) is 29.8 Å². The van der Waals surface area contributed by atoms with Crippen molar-refractivity contribution in [2.24, 2.45) is 0 Å². The van der Waals surface area contributed by atoms with Gasteiger partial charge in [0.25, 0.3) is 0 Å². The molecule has 0 aliphatic carbocycles. The minimum Gasteiger partial charge on any atom is -0.496 e. The molecule has 1 aromatic carbocycles. The third-order valence-electron chi connectivity index (χ3n) is 4.97. The average molecular weight is 304 g/mol. The summed E-state index contributed by atoms with van der Waals surface area (Å²) < 4.78 is 10.9. The summed E-state index contributed by atoms with van der Waals surface area (Å²) in [5.41, 5.74) is 1.06. The van der Waals surface area contributed by atoms with Crippen molar-refractivity contribution in [3.63, 3.8) is 0 Å². The maximum absolute atomic E-state index is 12.4. The number of benzene rings is 1. The summed E-state index contributed by atoms with van der Waals surface area (Å²) >= 11 is 0. The standard InChI is InChI=1S/C17H24N2O3/c1-18-16(20)12-19(13-17(18)7-9-22-10-8-17)11-14-5-3-4-6-15(14)21-2/h3-6H,7-13H2,1-2H3. The minimum atomic E-state index is -0.0738. The highest BCUT2D eigenvalue weighted by Gasteiger charge is 2.44. The van der Waals surface area contributed by atoms with Crippen LogP contribution in [0.25, 0.3) is 0 Å². The molecule has 120 valence electrons. The Hall–Kier alpha value is -1.59. The Kier molecular flexibility index (Phi) is 4.36. The van der Waals surface area contributed by atoms with Crippen molar-refractivity contribution >= 4 is 5.91 Å². The Labute approximate surface area is 131 Å². The second-order valence-electron chi connectivity index (χ2n) is 6.25. The molecule has 2 aliphatic heterocycles. The molecule has 0 radical (unpaired) electrons. The first-order valence-electron chi connectivity index (χ1n) is 7.83. The topological polar surface area (TPSA) is 42.0 Å². The molecular formula is C17H24N2O3. The molecular weight excluding hydrogens is 280 g/mol. The van der Waals surface area contributed by atoms with Crippen molar-refractivity contribution in [2.45, 2.75) is 24.9 Å². The lowest BCUT2D eigenvalue weighted by atomic mass is 9.85. The number of likely N-dealkylation sites (N-methyl/N-ethyl adjacent to an activating group) is 1. The molecule has 1 spiro atoms. The molecule has 1 aromatic rings. The first-order chi connectivity index (χ1) is 10.6. The van der Waals surface area contributed by atoms with Crippen LogP contribution >= 0.6 is 0 Å². The van der Waals surface area contributed by atoms with Gasteiger partial charge in [-0.05, 0) is 18.9 Å². The number of carbonyl (C=O) groups excluding carboxylic acids is 1. The van der Waals surface area contributed by atoms with Gasteiger partial charge in [0.05, 0.1) is 19.2 Å². The quantitative estimate of drug-likeness (QED) is 0.849. The van der Waals surface area contributed by atoms with Gasteiger partial charge in [-0.15, -0.1) is 0 Å². The zero-order valence-electron chi connectivity index (χ0n) is 13.4. The molecule has 2 fully saturated rings. The minimum absolute atomic E-state index is 0.0738. The maximum Gasteiger partial charge on any atom is 0.237 e. The highest BCUT2D eigenvalue weighted by Crippen LogP contribution is 2.32. The smallest absolute Gasteiger partial charge is 0.237 e. The van der Waals surface area contributed by atoms with Gasteiger partial charge in [-0.1, -0.05) is 18.2 Å². The SMILES string of the molecule is COc1ccccc1CN1CC(=O)N(C)C2(CCOCC2)C1. The van der Waals surface area contributed by atoms with Crippen molar-refractivity contribution in [2.75, 3.05) is 40.5 Å². The third kappa shape index (κ3) is 2.83. The van der Waals surface area contributed by atoms with E-state index in [-0.39, 0.29) is 11.4 Å². The van der Waals surface area contributed by atoms with E-state index in [2.05, 4.69) is 11.0 Å². The summed E-state index contributed by atoms with van der Waals surface area (Å²) in [6.07, 6.45) is 1.83. The summed E-state index contributed by atoms with van der Waals surface area (Å²) in [4.78, 5) is 16.6. The molecule has 0 bridgehead atoms. The number of hydrogen-bond donors (Lipinski definition) is 0. The van der Waals surface area contributed by atoms with E-state index in [1.165, 1.54) is 0 Å². The fraction of sp³-hybridized carbons (Fsp3) is 0.588. The first-order valence-corrected chi connectivity index (χ1v) is 7.83. The molecule has 5 nitrogen and oxygen atoms in total. The van der Waals surface area contributed by atoms with Gasteiger partial charge in [0.1, 0.15) is 5.75 Å². The van der Waals surface area contributed by atoms with Gasteiger partial charge >= 0.3 is 0 Å². The first kappa shape index (κ1) is 15.3. The Morgan fingerprint density at radius 3 is 2.73 bits per heavy atom. The van der Waals surface area contributed by atoms with Gasteiger partial charge in [0.15, 0.2) is 0 Å². The van der Waals surface area contributed by atoms with E-state index in [0.717, 1.165) is 50.5 Å². The van der Waals surface area contributed by atoms with Gasteiger partial charge in [-0.2, -0.15) is 0 Å². The van der Waals surface area contributed by atoms with E-state index in [1.807, 2.05) is 30.1 Å². The monoisotopic (exact) mass is 304 g/mol. The molecule has 0 saturated carbocycles. The van der Waals surface area contributed by atoms with Crippen LogP contribution in [0.4, 0.5) is 0 Å². The van der Waals surface area contributed by atoms with E-state index >= 15 is 0 Å². The number of nitrogens with zero attached hydrogens (tertiary/aromatic N) is 2. The molecule has 3 rings (SSSR count). The maximum atomic E-state index is 12.4. The van der Waals surface area contributed by atoms with Crippen LogP contribution in [0.3, 0.4) is 0 Å². The van der Waals surface area contributed by atoms with Gasteiger partial charge in [0.2, 0.25) is 5.91 Å². The van der Waals surface area contributed by atoms with Crippen LogP contribution < -0.4 is 4.74 Å². The number of piperazine rings is 1. The molecule has 22 heavy (non-hydrogen) atoms. The molecule has 1 amide bonds. The van der Waals surface area contributed by atoms with E-state index in [9.17, 15) is 4.79 Å². The second kappa shape index (κ2) is 6.26. The fourth-order valence-corrected chi connectivity index (χ4v) is 3.57. The fourth-order valence-electron chi connectivity index (χ4n) is 3.57. The average Bonchev–Trinajstić information content (AvgIpc) is 2.54. The second-order valence-corrected chi connectivity index (χ2v) is 6.25. The molecule has 2 saturated heterocycles. The van der Waals surface area contributed by atoms with Crippen LogP contribution in [-0.4, -0.2) is 61.7 Å². The Balaban J connectivity index is 1.78. The van der Waals surface area contributed by atoms with Crippen LogP contribution in [-0.2, 0) is 16.1 Å². The van der Waals surface area contributed by atoms with Gasteiger partial charge in [-0.25, -0.2) is 0 Å². The summed E-state index contributed by atoms with van der Waals surface area (Å²) in [7, 11) is 3.63. The predicted octanol–water partition coefficient (Wildman–Crippen LogP) is 1.52. The van der Waals surface area contributed by atoms with Crippen molar-refractivity contribution in [1.82, 2.24) is 9.80 Å². The highest BCUT2D eigenvalue weighted by molar-refractivity contribution is 5.79. The van der Waals surface area contributed by atoms with Crippen molar-refractivity contribution in [3.8, 4) is 5.75 Å². The summed E-state index contributed by atoms with van der Waals surface area (Å²) in [6, 6.07) is 8.02. The van der Waals surface area contributed by atoms with Crippen molar-refractivity contribution < 1.29 is 14.3 Å². The van der Waals surface area contributed by atoms with Gasteiger partial charge < -0.3 is 14.4 Å². The zero-order chi connectivity index (χ0) is 15.6. The number of methoxy groups -OCH3 is 1. The van der Waals surface area contributed by atoms with Crippen LogP contribution in [0.15, 0.2) is 24.3 Å². The number of amides is 1. The van der Waals surface area contributed by atoms with Crippen LogP contribution in [0, 0.1) is 0 Å². The summed E-state index contributed by atoms with van der Waals surface area (Å²) in [5.74, 6) is 1.08. The van der Waals surface area contributed by atoms with E-state index in [0.29, 0.717) is 6.54 Å². The zero-order valence-corrected chi connectivity index (χ0v) is 13.4. The highest BCUT2D eigenvalue weighted by atomic mass is 16.5. The van der Waals surface area contributed by atoms with Crippen LogP contribution in [0.1, 0.15) is 18.4 Å². The van der Waals surface area contributed by atoms with E-state index in [4.69, 9.17) is 9.47 Å². The molecule has 2 aliphatic rings. The van der Waals surface area contributed by atoms with E-state index in [1.54, 1.807) is 7.11 Å². The molecule has 0 N–H and O–H groups in total. The number of carbonyl (C=O) groups is 1. The number of ether oxygens (including phenoxy) is 2. The lowest BCUT2D eigenvalue weighted by Crippen LogP contribution is -2.64. The molecule has 0 aromatic heterocycles. The summed E-state index contributed by atoms with van der Waals surface area (Å²) in [6.45, 7) is 3.58. The van der Waals surface area contributed by atoms with Crippen LogP contribution in [0.5, 0.6) is 5.75 Å². The Bertz CT molecular complexity index is 540. The van der Waals surface area contributed by atoms with Crippen LogP contribution in [0.2, 0.25) is 0 Å². The third-order valence-corrected chi connectivity index (χ3v) is 4.97. The van der Waals surface area contributed by atoms with E-state index < -0.39 is 0 Å². The van der Waals surface area contributed by atoms with Crippen molar-refractivity contribution in [1.29, 1.82) is 0 Å². The van der Waals surface area contributed by atoms with Gasteiger partial charge in [-0.3, -0.25) is 9.69 Å². The summed E-state index contributed by atoms with van der Waals surface area (Å²) in [5, 5.41) is 0. The Morgan fingerprint density at radius 1 is 1.27 bits per heavy atom. The number of hydrogen-bond acceptors (Lipinski definition) is 4. The molecule has 0 unspecified atom stereocenters. The lowest BCUT2D eigenvalue weighted by molar-refractivity contribution is -0.150. The molecule has 2 heterocycles. The predicted molar refractivity (Wildman–Crippen MR) is 83.8 cm³/mol. The molecule has 5 heteroatoms. The molecule has 0 atom stereocenters. The number of para-hydroxylation sites is 1. The lowest BCUT2D eigenvalue weighted by Gasteiger charge is -2.51. The number of rotatable bonds is 3. The largest absolute Gasteiger partial charge is 0.496 e.